The van der Waals surface area contributed by atoms with Gasteiger partial charge in [0.2, 0.25) is 6.17 Å². The standard InChI is InChI=1S/C19H17N7O4/c1-29-14-7-8-17(30-2)16(11-14)22-24-19(15-5-3-4-10-20-15)25-23-18-9-6-13(12-21-18)26(27)28/h3-12,19H,1-2H3. The maximum absolute atomic E-state index is 10.7. The summed E-state index contributed by atoms with van der Waals surface area (Å²) in [5.74, 6) is 1.29. The van der Waals surface area contributed by atoms with Crippen molar-refractivity contribution in [3.05, 3.63) is 76.7 Å². The minimum atomic E-state index is -0.862. The van der Waals surface area contributed by atoms with Gasteiger partial charge in [0.15, 0.2) is 5.82 Å². The van der Waals surface area contributed by atoms with Crippen LogP contribution in [0.15, 0.2) is 81.4 Å². The van der Waals surface area contributed by atoms with Crippen LogP contribution in [0.4, 0.5) is 17.2 Å². The Morgan fingerprint density at radius 2 is 1.83 bits per heavy atom. The Morgan fingerprint density at radius 1 is 1.00 bits per heavy atom. The first-order valence-corrected chi connectivity index (χ1v) is 8.66. The third-order valence-electron chi connectivity index (χ3n) is 3.83. The van der Waals surface area contributed by atoms with E-state index in [0.29, 0.717) is 22.9 Å². The lowest BCUT2D eigenvalue weighted by molar-refractivity contribution is -0.385. The molecule has 30 heavy (non-hydrogen) atoms. The molecule has 0 bridgehead atoms. The predicted octanol–water partition coefficient (Wildman–Crippen LogP) is 4.97. The molecule has 11 heteroatoms. The van der Waals surface area contributed by atoms with Crippen molar-refractivity contribution < 1.29 is 14.4 Å². The number of hydrogen-bond donors (Lipinski definition) is 0. The Hall–Kier alpha value is -4.28. The molecule has 1 aromatic carbocycles. The summed E-state index contributed by atoms with van der Waals surface area (Å²) in [6, 6.07) is 13.1. The second-order valence-corrected chi connectivity index (χ2v) is 5.73. The highest BCUT2D eigenvalue weighted by Gasteiger charge is 2.12. The highest BCUT2D eigenvalue weighted by atomic mass is 16.6. The molecule has 2 aromatic heterocycles. The van der Waals surface area contributed by atoms with Crippen molar-refractivity contribution in [3.8, 4) is 11.5 Å². The van der Waals surface area contributed by atoms with Crippen molar-refractivity contribution in [1.29, 1.82) is 0 Å². The summed E-state index contributed by atoms with van der Waals surface area (Å²) in [5.41, 5.74) is 0.815. The normalized spacial score (nSPS) is 12.2. The first kappa shape index (κ1) is 20.5. The molecule has 3 rings (SSSR count). The van der Waals surface area contributed by atoms with Gasteiger partial charge in [-0.2, -0.15) is 10.2 Å². The van der Waals surface area contributed by atoms with Crippen LogP contribution in [0.3, 0.4) is 0 Å². The number of nitro groups is 1. The van der Waals surface area contributed by atoms with Crippen LogP contribution in [0.1, 0.15) is 11.9 Å². The lowest BCUT2D eigenvalue weighted by Crippen LogP contribution is -1.94. The zero-order chi connectivity index (χ0) is 21.3. The Morgan fingerprint density at radius 3 is 2.47 bits per heavy atom. The van der Waals surface area contributed by atoms with Gasteiger partial charge in [0, 0.05) is 18.3 Å². The number of pyridine rings is 2. The van der Waals surface area contributed by atoms with Crippen LogP contribution >= 0.6 is 0 Å². The number of azo groups is 2. The summed E-state index contributed by atoms with van der Waals surface area (Å²) in [4.78, 5) is 18.3. The fraction of sp³-hybridized carbons (Fsp3) is 0.158. The van der Waals surface area contributed by atoms with E-state index in [1.807, 2.05) is 0 Å². The molecule has 0 saturated heterocycles. The van der Waals surface area contributed by atoms with E-state index in [0.717, 1.165) is 6.20 Å². The molecule has 0 fully saturated rings. The number of hydrogen-bond acceptors (Lipinski definition) is 10. The van der Waals surface area contributed by atoms with Gasteiger partial charge in [0.05, 0.1) is 24.8 Å². The van der Waals surface area contributed by atoms with E-state index in [1.165, 1.54) is 19.2 Å². The number of ether oxygens (including phenoxy) is 2. The second kappa shape index (κ2) is 9.78. The minimum absolute atomic E-state index is 0.139. The smallest absolute Gasteiger partial charge is 0.287 e. The fourth-order valence-electron chi connectivity index (χ4n) is 2.32. The van der Waals surface area contributed by atoms with Crippen molar-refractivity contribution in [1.82, 2.24) is 9.97 Å². The Balaban J connectivity index is 1.90. The van der Waals surface area contributed by atoms with Crippen LogP contribution in [0, 0.1) is 10.1 Å². The molecule has 0 aliphatic heterocycles. The summed E-state index contributed by atoms with van der Waals surface area (Å²) in [6.07, 6.45) is 1.84. The van der Waals surface area contributed by atoms with Gasteiger partial charge in [0.1, 0.15) is 23.4 Å². The van der Waals surface area contributed by atoms with Crippen molar-refractivity contribution in [3.63, 3.8) is 0 Å². The first-order chi connectivity index (χ1) is 14.6. The molecule has 0 aliphatic rings. The summed E-state index contributed by atoms with van der Waals surface area (Å²) < 4.78 is 10.5. The molecule has 1 atom stereocenters. The molecule has 1 unspecified atom stereocenters. The Kier molecular flexibility index (Phi) is 6.66. The van der Waals surface area contributed by atoms with Gasteiger partial charge in [-0.05, 0) is 30.3 Å². The van der Waals surface area contributed by atoms with Crippen molar-refractivity contribution in [2.45, 2.75) is 6.17 Å². The molecule has 0 saturated carbocycles. The maximum Gasteiger partial charge on any atom is 0.287 e. The lowest BCUT2D eigenvalue weighted by atomic mass is 10.3. The number of methoxy groups -OCH3 is 2. The van der Waals surface area contributed by atoms with Crippen molar-refractivity contribution in [2.75, 3.05) is 14.2 Å². The first-order valence-electron chi connectivity index (χ1n) is 8.66. The predicted molar refractivity (Wildman–Crippen MR) is 106 cm³/mol. The zero-order valence-corrected chi connectivity index (χ0v) is 16.1. The SMILES string of the molecule is COc1ccc(OC)c(N=NC(N=Nc2ccc([N+](=O)[O-])cn2)c2ccccn2)c1. The lowest BCUT2D eigenvalue weighted by Gasteiger charge is -2.07. The zero-order valence-electron chi connectivity index (χ0n) is 16.1. The summed E-state index contributed by atoms with van der Waals surface area (Å²) >= 11 is 0. The van der Waals surface area contributed by atoms with Crippen LogP contribution in [0.5, 0.6) is 11.5 Å². The van der Waals surface area contributed by atoms with Gasteiger partial charge in [0.25, 0.3) is 5.69 Å². The van der Waals surface area contributed by atoms with E-state index >= 15 is 0 Å². The van der Waals surface area contributed by atoms with Crippen LogP contribution in [0.2, 0.25) is 0 Å². The van der Waals surface area contributed by atoms with Gasteiger partial charge in [-0.3, -0.25) is 15.1 Å². The number of rotatable bonds is 8. The van der Waals surface area contributed by atoms with E-state index < -0.39 is 11.1 Å². The van der Waals surface area contributed by atoms with Gasteiger partial charge >= 0.3 is 0 Å². The Bertz CT molecular complexity index is 1060. The topological polar surface area (TPSA) is 137 Å². The molecule has 152 valence electrons. The van der Waals surface area contributed by atoms with E-state index in [9.17, 15) is 10.1 Å². The summed E-state index contributed by atoms with van der Waals surface area (Å²) in [5, 5.41) is 27.4. The third kappa shape index (κ3) is 5.16. The van der Waals surface area contributed by atoms with Gasteiger partial charge in [-0.15, -0.1) is 10.2 Å². The minimum Gasteiger partial charge on any atom is -0.497 e. The highest BCUT2D eigenvalue weighted by molar-refractivity contribution is 5.55. The van der Waals surface area contributed by atoms with Crippen LogP contribution in [-0.2, 0) is 0 Å². The molecule has 0 N–H and O–H groups in total. The molecule has 11 nitrogen and oxygen atoms in total. The Labute approximate surface area is 171 Å². The number of aromatic nitrogens is 2. The highest BCUT2D eigenvalue weighted by Crippen LogP contribution is 2.33. The molecule has 2 heterocycles. The average molecular weight is 407 g/mol. The quantitative estimate of drug-likeness (QED) is 0.294. The van der Waals surface area contributed by atoms with Crippen LogP contribution in [-0.4, -0.2) is 29.1 Å². The molecule has 0 spiro atoms. The molecular weight excluding hydrogens is 390 g/mol. The molecule has 0 radical (unpaired) electrons. The van der Waals surface area contributed by atoms with Gasteiger partial charge in [-0.25, -0.2) is 4.98 Å². The van der Waals surface area contributed by atoms with Gasteiger partial charge < -0.3 is 9.47 Å². The van der Waals surface area contributed by atoms with Gasteiger partial charge in [-0.1, -0.05) is 6.07 Å². The summed E-state index contributed by atoms with van der Waals surface area (Å²) in [7, 11) is 3.07. The van der Waals surface area contributed by atoms with Crippen molar-refractivity contribution >= 4 is 17.2 Å². The number of benzene rings is 1. The van der Waals surface area contributed by atoms with Crippen molar-refractivity contribution in [2.24, 2.45) is 20.5 Å². The third-order valence-corrected chi connectivity index (χ3v) is 3.83. The van der Waals surface area contributed by atoms with Crippen LogP contribution < -0.4 is 9.47 Å². The maximum atomic E-state index is 10.7. The second-order valence-electron chi connectivity index (χ2n) is 5.73. The molecular formula is C19H17N7O4. The molecule has 0 aliphatic carbocycles. The number of nitrogens with zero attached hydrogens (tertiary/aromatic N) is 7. The monoisotopic (exact) mass is 407 g/mol. The fourth-order valence-corrected chi connectivity index (χ4v) is 2.32. The van der Waals surface area contributed by atoms with E-state index in [1.54, 1.807) is 49.7 Å². The molecule has 0 amide bonds. The van der Waals surface area contributed by atoms with E-state index in [-0.39, 0.29) is 11.5 Å². The van der Waals surface area contributed by atoms with E-state index in [4.69, 9.17) is 9.47 Å². The largest absolute Gasteiger partial charge is 0.497 e. The average Bonchev–Trinajstić information content (AvgIpc) is 2.79. The van der Waals surface area contributed by atoms with Crippen LogP contribution in [0.25, 0.3) is 0 Å². The summed E-state index contributed by atoms with van der Waals surface area (Å²) in [6.45, 7) is 0. The molecule has 3 aromatic rings. The van der Waals surface area contributed by atoms with E-state index in [2.05, 4.69) is 30.4 Å².